The summed E-state index contributed by atoms with van der Waals surface area (Å²) in [6, 6.07) is 0. The van der Waals surface area contributed by atoms with Crippen LogP contribution in [0.2, 0.25) is 0 Å². The quantitative estimate of drug-likeness (QED) is 0.672. The maximum atomic E-state index is 12.7. The molecule has 0 unspecified atom stereocenters. The van der Waals surface area contributed by atoms with Crippen LogP contribution < -0.4 is 0 Å². The van der Waals surface area contributed by atoms with Crippen molar-refractivity contribution in [2.24, 2.45) is 28.6 Å². The van der Waals surface area contributed by atoms with Gasteiger partial charge in [0.25, 0.3) is 0 Å². The zero-order chi connectivity index (χ0) is 13.1. The summed E-state index contributed by atoms with van der Waals surface area (Å²) in [5.41, 5.74) is -0.236. The van der Waals surface area contributed by atoms with Gasteiger partial charge in [0, 0.05) is 11.3 Å². The van der Waals surface area contributed by atoms with Crippen molar-refractivity contribution in [1.82, 2.24) is 0 Å². The number of hydrogen-bond donors (Lipinski definition) is 0. The highest BCUT2D eigenvalue weighted by molar-refractivity contribution is 5.90. The van der Waals surface area contributed by atoms with Gasteiger partial charge >= 0.3 is 5.97 Å². The van der Waals surface area contributed by atoms with Crippen LogP contribution in [0.25, 0.3) is 0 Å². The van der Waals surface area contributed by atoms with E-state index in [0.717, 1.165) is 32.1 Å². The molecule has 3 heteroatoms. The van der Waals surface area contributed by atoms with E-state index in [-0.39, 0.29) is 28.6 Å². The van der Waals surface area contributed by atoms with Gasteiger partial charge in [0.2, 0.25) is 0 Å². The number of carbonyl (C=O) groups is 2. The van der Waals surface area contributed by atoms with E-state index < -0.39 is 0 Å². The average Bonchev–Trinajstić information content (AvgIpc) is 2.92. The second kappa shape index (κ2) is 3.58. The number of fused-ring (bicyclic) bond motifs is 1. The van der Waals surface area contributed by atoms with Gasteiger partial charge in [0.15, 0.2) is 0 Å². The van der Waals surface area contributed by atoms with Crippen molar-refractivity contribution < 1.29 is 14.3 Å². The minimum Gasteiger partial charge on any atom is -0.469 e. The monoisotopic (exact) mass is 250 g/mol. The maximum Gasteiger partial charge on any atom is 0.309 e. The van der Waals surface area contributed by atoms with E-state index in [1.165, 1.54) is 7.11 Å². The molecule has 3 fully saturated rings. The topological polar surface area (TPSA) is 43.4 Å². The van der Waals surface area contributed by atoms with Crippen LogP contribution in [0.4, 0.5) is 0 Å². The van der Waals surface area contributed by atoms with Gasteiger partial charge in [-0.25, -0.2) is 0 Å². The van der Waals surface area contributed by atoms with Gasteiger partial charge in [0.1, 0.15) is 5.78 Å². The van der Waals surface area contributed by atoms with E-state index >= 15 is 0 Å². The number of carbonyl (C=O) groups excluding carboxylic acids is 2. The molecule has 3 saturated carbocycles. The summed E-state index contributed by atoms with van der Waals surface area (Å²) in [6.07, 6.45) is 4.91. The summed E-state index contributed by atoms with van der Waals surface area (Å²) in [5, 5.41) is 0. The molecule has 0 N–H and O–H groups in total. The summed E-state index contributed by atoms with van der Waals surface area (Å²) >= 11 is 0. The van der Waals surface area contributed by atoms with Crippen LogP contribution in [-0.2, 0) is 14.3 Å². The molecule has 0 saturated heterocycles. The molecule has 18 heavy (non-hydrogen) atoms. The minimum atomic E-state index is -0.185. The number of esters is 1. The zero-order valence-corrected chi connectivity index (χ0v) is 11.5. The summed E-state index contributed by atoms with van der Waals surface area (Å²) in [6.45, 7) is 4.20. The van der Waals surface area contributed by atoms with Gasteiger partial charge in [-0.2, -0.15) is 0 Å². The van der Waals surface area contributed by atoms with Crippen molar-refractivity contribution in [1.29, 1.82) is 0 Å². The van der Waals surface area contributed by atoms with Gasteiger partial charge in [-0.3, -0.25) is 9.59 Å². The molecule has 3 aliphatic carbocycles. The molecule has 3 rings (SSSR count). The number of ketones is 1. The lowest BCUT2D eigenvalue weighted by Crippen LogP contribution is -2.48. The second-order valence-corrected chi connectivity index (χ2v) is 6.96. The number of rotatable bonds is 1. The van der Waals surface area contributed by atoms with Crippen LogP contribution >= 0.6 is 0 Å². The molecule has 0 radical (unpaired) electrons. The Morgan fingerprint density at radius 2 is 2.00 bits per heavy atom. The minimum absolute atomic E-state index is 0.0300. The van der Waals surface area contributed by atoms with Crippen molar-refractivity contribution in [2.45, 2.75) is 46.0 Å². The fraction of sp³-hybridized carbons (Fsp3) is 0.867. The second-order valence-electron chi connectivity index (χ2n) is 6.96. The van der Waals surface area contributed by atoms with Gasteiger partial charge in [-0.1, -0.05) is 13.8 Å². The lowest BCUT2D eigenvalue weighted by atomic mass is 9.57. The first-order valence-corrected chi connectivity index (χ1v) is 7.05. The molecule has 4 atom stereocenters. The first-order chi connectivity index (χ1) is 8.43. The van der Waals surface area contributed by atoms with Crippen LogP contribution in [0.1, 0.15) is 46.0 Å². The Kier molecular flexibility index (Phi) is 2.43. The molecule has 0 aromatic rings. The van der Waals surface area contributed by atoms with Crippen molar-refractivity contribution in [3.05, 3.63) is 0 Å². The van der Waals surface area contributed by atoms with Crippen LogP contribution in [0.15, 0.2) is 0 Å². The van der Waals surface area contributed by atoms with E-state index in [2.05, 4.69) is 13.8 Å². The fourth-order valence-corrected chi connectivity index (χ4v) is 5.04. The highest BCUT2D eigenvalue weighted by atomic mass is 16.5. The van der Waals surface area contributed by atoms with E-state index in [4.69, 9.17) is 4.74 Å². The molecule has 2 bridgehead atoms. The highest BCUT2D eigenvalue weighted by Crippen LogP contribution is 2.67. The predicted octanol–water partition coefficient (Wildman–Crippen LogP) is 2.58. The van der Waals surface area contributed by atoms with Crippen LogP contribution in [0.5, 0.6) is 0 Å². The summed E-state index contributed by atoms with van der Waals surface area (Å²) in [7, 11) is 1.47. The lowest BCUT2D eigenvalue weighted by molar-refractivity contribution is -0.154. The van der Waals surface area contributed by atoms with E-state index in [1.54, 1.807) is 0 Å². The van der Waals surface area contributed by atoms with Crippen molar-refractivity contribution in [3.63, 3.8) is 0 Å². The Morgan fingerprint density at radius 3 is 2.67 bits per heavy atom. The van der Waals surface area contributed by atoms with Crippen LogP contribution in [0.3, 0.4) is 0 Å². The molecule has 3 aliphatic rings. The molecule has 100 valence electrons. The van der Waals surface area contributed by atoms with Crippen molar-refractivity contribution in [2.75, 3.05) is 7.11 Å². The fourth-order valence-electron chi connectivity index (χ4n) is 5.04. The molecule has 1 spiro atoms. The van der Waals surface area contributed by atoms with Gasteiger partial charge in [-0.05, 0) is 43.4 Å². The third-order valence-corrected chi connectivity index (χ3v) is 6.17. The van der Waals surface area contributed by atoms with Crippen LogP contribution in [-0.4, -0.2) is 18.9 Å². The number of ether oxygens (including phenoxy) is 1. The first kappa shape index (κ1) is 12.2. The third-order valence-electron chi connectivity index (χ3n) is 6.17. The summed E-state index contributed by atoms with van der Waals surface area (Å²) in [4.78, 5) is 24.7. The Hall–Kier alpha value is -0.860. The molecular formula is C15H22O3. The third kappa shape index (κ3) is 1.25. The average molecular weight is 250 g/mol. The van der Waals surface area contributed by atoms with E-state index in [1.807, 2.05) is 0 Å². The molecule has 3 nitrogen and oxygen atoms in total. The molecular weight excluding hydrogens is 228 g/mol. The molecule has 0 amide bonds. The van der Waals surface area contributed by atoms with Gasteiger partial charge in [-0.15, -0.1) is 0 Å². The molecule has 0 aromatic heterocycles. The van der Waals surface area contributed by atoms with Gasteiger partial charge < -0.3 is 4.74 Å². The standard InChI is InChI=1S/C15H22O3/c1-14(2)9-6-7-15(8-9)10(12(14)16)4-5-11(15)13(17)18-3/h9-11H,4-8H2,1-3H3/t9-,10-,11-,15-/m1/s1. The number of methoxy groups -OCH3 is 1. The van der Waals surface area contributed by atoms with Crippen molar-refractivity contribution >= 4 is 11.8 Å². The normalized spacial score (nSPS) is 44.8. The predicted molar refractivity (Wildman–Crippen MR) is 66.8 cm³/mol. The Balaban J connectivity index is 2.00. The SMILES string of the molecule is COC(=O)[C@H]1CC[C@@H]2C(=O)C(C)(C)[C@@H]3CC[C@]12C3. The lowest BCUT2D eigenvalue weighted by Gasteiger charge is -2.45. The van der Waals surface area contributed by atoms with Crippen LogP contribution in [0, 0.1) is 28.6 Å². The maximum absolute atomic E-state index is 12.7. The summed E-state index contributed by atoms with van der Waals surface area (Å²) < 4.78 is 4.97. The number of hydrogen-bond acceptors (Lipinski definition) is 3. The molecule has 0 heterocycles. The van der Waals surface area contributed by atoms with Gasteiger partial charge in [0.05, 0.1) is 13.0 Å². The highest BCUT2D eigenvalue weighted by Gasteiger charge is 2.66. The Bertz CT molecular complexity index is 412. The Morgan fingerprint density at radius 1 is 1.28 bits per heavy atom. The zero-order valence-electron chi connectivity index (χ0n) is 11.5. The number of Topliss-reactive ketones (excluding diaryl/α,β-unsaturated/α-hetero) is 1. The largest absolute Gasteiger partial charge is 0.469 e. The van der Waals surface area contributed by atoms with Crippen molar-refractivity contribution in [3.8, 4) is 0 Å². The molecule has 0 aromatic carbocycles. The summed E-state index contributed by atoms with van der Waals surface area (Å²) in [5.74, 6) is 0.854. The van der Waals surface area contributed by atoms with E-state index in [9.17, 15) is 9.59 Å². The first-order valence-electron chi connectivity index (χ1n) is 7.05. The van der Waals surface area contributed by atoms with E-state index in [0.29, 0.717) is 11.7 Å². The Labute approximate surface area is 108 Å². The smallest absolute Gasteiger partial charge is 0.309 e. The molecule has 0 aliphatic heterocycles.